The average Bonchev–Trinajstić information content (AvgIpc) is 2.81. The van der Waals surface area contributed by atoms with Crippen LogP contribution in [0.5, 0.6) is 11.5 Å². The fourth-order valence-electron chi connectivity index (χ4n) is 3.58. The summed E-state index contributed by atoms with van der Waals surface area (Å²) in [5.74, 6) is 0.975. The molecule has 180 valence electrons. The summed E-state index contributed by atoms with van der Waals surface area (Å²) < 4.78 is 43.1. The number of nitrogens with one attached hydrogen (secondary N) is 1. The topological polar surface area (TPSA) is 94.2 Å². The van der Waals surface area contributed by atoms with E-state index in [1.807, 2.05) is 39.0 Å². The van der Waals surface area contributed by atoms with Crippen LogP contribution in [0, 0.1) is 0 Å². The maximum atomic E-state index is 12.7. The average molecular weight is 477 g/mol. The van der Waals surface area contributed by atoms with Crippen LogP contribution >= 0.6 is 0 Å². The first-order valence-corrected chi connectivity index (χ1v) is 12.8. The zero-order valence-corrected chi connectivity index (χ0v) is 20.2. The van der Waals surface area contributed by atoms with E-state index in [2.05, 4.69) is 5.32 Å². The number of amides is 1. The molecule has 1 saturated heterocycles. The zero-order valence-electron chi connectivity index (χ0n) is 19.4. The number of hydrogen-bond donors (Lipinski definition) is 1. The molecule has 0 unspecified atom stereocenters. The summed E-state index contributed by atoms with van der Waals surface area (Å²) in [6, 6.07) is 12.0. The standard InChI is InChI=1S/C24H32N2O6S/c1-4-31-22-11-10-21(16-23(22)32-5-2)18(3)25-24(27)20-8-6-19(7-9-20)17-33(28,29)26-12-14-30-15-13-26/h6-11,16,18H,4-5,12-15,17H2,1-3H3,(H,25,27)/t18-/m1/s1. The van der Waals surface area contributed by atoms with Crippen molar-refractivity contribution in [3.05, 3.63) is 59.2 Å². The summed E-state index contributed by atoms with van der Waals surface area (Å²) in [5.41, 5.74) is 1.99. The highest BCUT2D eigenvalue weighted by atomic mass is 32.2. The largest absolute Gasteiger partial charge is 0.490 e. The van der Waals surface area contributed by atoms with Crippen molar-refractivity contribution in [3.63, 3.8) is 0 Å². The van der Waals surface area contributed by atoms with Crippen LogP contribution in [0.4, 0.5) is 0 Å². The second kappa shape index (κ2) is 11.5. The lowest BCUT2D eigenvalue weighted by Crippen LogP contribution is -2.41. The van der Waals surface area contributed by atoms with Gasteiger partial charge in [0.05, 0.1) is 38.2 Å². The van der Waals surface area contributed by atoms with Crippen LogP contribution in [0.3, 0.4) is 0 Å². The summed E-state index contributed by atoms with van der Waals surface area (Å²) in [7, 11) is -3.41. The SMILES string of the molecule is CCOc1ccc([C@@H](C)NC(=O)c2ccc(CS(=O)(=O)N3CCOCC3)cc2)cc1OCC. The molecule has 1 heterocycles. The van der Waals surface area contributed by atoms with E-state index in [1.165, 1.54) is 4.31 Å². The molecule has 1 fully saturated rings. The molecule has 1 atom stereocenters. The number of morpholine rings is 1. The van der Waals surface area contributed by atoms with Gasteiger partial charge in [0.25, 0.3) is 5.91 Å². The molecular weight excluding hydrogens is 444 g/mol. The van der Waals surface area contributed by atoms with Gasteiger partial charge in [-0.3, -0.25) is 4.79 Å². The summed E-state index contributed by atoms with van der Waals surface area (Å²) in [6.45, 7) is 8.33. The smallest absolute Gasteiger partial charge is 0.251 e. The number of sulfonamides is 1. The van der Waals surface area contributed by atoms with Crippen molar-refractivity contribution in [2.75, 3.05) is 39.5 Å². The lowest BCUT2D eigenvalue weighted by atomic mass is 10.1. The third-order valence-electron chi connectivity index (χ3n) is 5.34. The van der Waals surface area contributed by atoms with Gasteiger partial charge in [0.15, 0.2) is 11.5 Å². The van der Waals surface area contributed by atoms with Gasteiger partial charge < -0.3 is 19.5 Å². The number of hydrogen-bond acceptors (Lipinski definition) is 6. The minimum absolute atomic E-state index is 0.0995. The lowest BCUT2D eigenvalue weighted by molar-refractivity contribution is 0.0729. The molecule has 1 aliphatic heterocycles. The van der Waals surface area contributed by atoms with E-state index in [0.717, 1.165) is 5.56 Å². The monoisotopic (exact) mass is 476 g/mol. The molecule has 1 aliphatic rings. The van der Waals surface area contributed by atoms with Crippen LogP contribution in [-0.4, -0.2) is 58.1 Å². The maximum absolute atomic E-state index is 12.7. The van der Waals surface area contributed by atoms with Crippen LogP contribution in [0.2, 0.25) is 0 Å². The van der Waals surface area contributed by atoms with E-state index in [0.29, 0.717) is 62.1 Å². The fraction of sp³-hybridized carbons (Fsp3) is 0.458. The molecule has 0 bridgehead atoms. The predicted octanol–water partition coefficient (Wildman–Crippen LogP) is 3.14. The molecule has 0 aliphatic carbocycles. The van der Waals surface area contributed by atoms with E-state index in [-0.39, 0.29) is 17.7 Å². The molecule has 2 aromatic carbocycles. The Morgan fingerprint density at radius 2 is 1.67 bits per heavy atom. The fourth-order valence-corrected chi connectivity index (χ4v) is 5.08. The van der Waals surface area contributed by atoms with Crippen LogP contribution in [0.15, 0.2) is 42.5 Å². The van der Waals surface area contributed by atoms with Crippen molar-refractivity contribution in [2.24, 2.45) is 0 Å². The van der Waals surface area contributed by atoms with Gasteiger partial charge in [-0.1, -0.05) is 18.2 Å². The van der Waals surface area contributed by atoms with Crippen molar-refractivity contribution >= 4 is 15.9 Å². The molecule has 9 heteroatoms. The van der Waals surface area contributed by atoms with Gasteiger partial charge in [-0.05, 0) is 56.2 Å². The number of carbonyl (C=O) groups excluding carboxylic acids is 1. The van der Waals surface area contributed by atoms with Gasteiger partial charge in [0, 0.05) is 18.7 Å². The molecular formula is C24H32N2O6S. The van der Waals surface area contributed by atoms with Crippen molar-refractivity contribution in [1.82, 2.24) is 9.62 Å². The third kappa shape index (κ3) is 6.69. The first-order chi connectivity index (χ1) is 15.8. The highest BCUT2D eigenvalue weighted by Gasteiger charge is 2.24. The Bertz CT molecular complexity index is 1030. The van der Waals surface area contributed by atoms with E-state index in [1.54, 1.807) is 24.3 Å². The minimum Gasteiger partial charge on any atom is -0.490 e. The van der Waals surface area contributed by atoms with Crippen LogP contribution in [0.25, 0.3) is 0 Å². The van der Waals surface area contributed by atoms with Gasteiger partial charge in [-0.2, -0.15) is 4.31 Å². The first-order valence-electron chi connectivity index (χ1n) is 11.2. The molecule has 1 N–H and O–H groups in total. The maximum Gasteiger partial charge on any atom is 0.251 e. The Kier molecular flexibility index (Phi) is 8.71. The second-order valence-corrected chi connectivity index (χ2v) is 9.70. The molecule has 3 rings (SSSR count). The third-order valence-corrected chi connectivity index (χ3v) is 7.19. The van der Waals surface area contributed by atoms with Crippen molar-refractivity contribution in [1.29, 1.82) is 0 Å². The number of carbonyl (C=O) groups is 1. The Labute approximate surface area is 195 Å². The molecule has 0 spiro atoms. The molecule has 0 saturated carbocycles. The molecule has 1 amide bonds. The Morgan fingerprint density at radius 1 is 1.03 bits per heavy atom. The highest BCUT2D eigenvalue weighted by molar-refractivity contribution is 7.88. The summed E-state index contributed by atoms with van der Waals surface area (Å²) in [5, 5.41) is 2.98. The van der Waals surface area contributed by atoms with Crippen molar-refractivity contribution in [2.45, 2.75) is 32.6 Å². The Morgan fingerprint density at radius 3 is 2.30 bits per heavy atom. The Hall–Kier alpha value is -2.62. The molecule has 8 nitrogen and oxygen atoms in total. The number of ether oxygens (including phenoxy) is 3. The number of nitrogens with zero attached hydrogens (tertiary/aromatic N) is 1. The number of benzene rings is 2. The second-order valence-electron chi connectivity index (χ2n) is 7.73. The van der Waals surface area contributed by atoms with Gasteiger partial charge in [-0.25, -0.2) is 8.42 Å². The van der Waals surface area contributed by atoms with Gasteiger partial charge in [0.2, 0.25) is 10.0 Å². The van der Waals surface area contributed by atoms with Crippen LogP contribution < -0.4 is 14.8 Å². The van der Waals surface area contributed by atoms with Gasteiger partial charge in [0.1, 0.15) is 0 Å². The minimum atomic E-state index is -3.41. The summed E-state index contributed by atoms with van der Waals surface area (Å²) in [4.78, 5) is 12.7. The van der Waals surface area contributed by atoms with E-state index in [4.69, 9.17) is 14.2 Å². The molecule has 33 heavy (non-hydrogen) atoms. The summed E-state index contributed by atoms with van der Waals surface area (Å²) >= 11 is 0. The zero-order chi connectivity index (χ0) is 23.8. The first kappa shape index (κ1) is 25.0. The lowest BCUT2D eigenvalue weighted by Gasteiger charge is -2.26. The normalized spacial score (nSPS) is 15.6. The van der Waals surface area contributed by atoms with Crippen LogP contribution in [-0.2, 0) is 20.5 Å². The van der Waals surface area contributed by atoms with Crippen molar-refractivity contribution in [3.8, 4) is 11.5 Å². The van der Waals surface area contributed by atoms with E-state index in [9.17, 15) is 13.2 Å². The predicted molar refractivity (Wildman–Crippen MR) is 126 cm³/mol. The highest BCUT2D eigenvalue weighted by Crippen LogP contribution is 2.30. The van der Waals surface area contributed by atoms with Crippen molar-refractivity contribution < 1.29 is 27.4 Å². The summed E-state index contributed by atoms with van der Waals surface area (Å²) in [6.07, 6.45) is 0. The quantitative estimate of drug-likeness (QED) is 0.566. The van der Waals surface area contributed by atoms with Gasteiger partial charge in [-0.15, -0.1) is 0 Å². The van der Waals surface area contributed by atoms with E-state index >= 15 is 0 Å². The molecule has 0 radical (unpaired) electrons. The number of rotatable bonds is 10. The Balaban J connectivity index is 1.64. The molecule has 2 aromatic rings. The molecule has 0 aromatic heterocycles. The van der Waals surface area contributed by atoms with E-state index < -0.39 is 10.0 Å². The van der Waals surface area contributed by atoms with Gasteiger partial charge >= 0.3 is 0 Å². The van der Waals surface area contributed by atoms with Crippen LogP contribution in [0.1, 0.15) is 48.3 Å².